The Kier molecular flexibility index (Phi) is 7.99. The van der Waals surface area contributed by atoms with E-state index in [0.29, 0.717) is 29.1 Å². The van der Waals surface area contributed by atoms with Crippen LogP contribution in [0.5, 0.6) is 0 Å². The lowest BCUT2D eigenvalue weighted by Gasteiger charge is -2.35. The van der Waals surface area contributed by atoms with E-state index in [1.807, 2.05) is 0 Å². The summed E-state index contributed by atoms with van der Waals surface area (Å²) >= 11 is 6.09. The molecule has 194 valence electrons. The molecule has 0 bridgehead atoms. The van der Waals surface area contributed by atoms with Crippen molar-refractivity contribution < 1.29 is 36.6 Å². The third-order valence-electron chi connectivity index (χ3n) is 5.26. The molecule has 1 amide bonds. The maximum absolute atomic E-state index is 13.9. The summed E-state index contributed by atoms with van der Waals surface area (Å²) in [7, 11) is 0. The van der Waals surface area contributed by atoms with Gasteiger partial charge in [-0.1, -0.05) is 23.7 Å². The van der Waals surface area contributed by atoms with Crippen LogP contribution in [0, 0.1) is 0 Å². The fourth-order valence-corrected chi connectivity index (χ4v) is 3.60. The van der Waals surface area contributed by atoms with E-state index in [2.05, 4.69) is 20.7 Å². The summed E-state index contributed by atoms with van der Waals surface area (Å²) in [6, 6.07) is 8.16. The number of carboxylic acids is 1. The zero-order valence-corrected chi connectivity index (χ0v) is 19.0. The maximum Gasteiger partial charge on any atom is 0.490 e. The molecule has 1 aromatic carbocycles. The van der Waals surface area contributed by atoms with Gasteiger partial charge in [0.15, 0.2) is 0 Å². The van der Waals surface area contributed by atoms with Gasteiger partial charge >= 0.3 is 12.1 Å². The van der Waals surface area contributed by atoms with Crippen LogP contribution in [0.4, 0.5) is 33.6 Å². The number of carbonyl (C=O) groups excluding carboxylic acids is 1. The Bertz CT molecular complexity index is 1250. The van der Waals surface area contributed by atoms with Gasteiger partial charge in [-0.25, -0.2) is 23.1 Å². The second-order valence-corrected chi connectivity index (χ2v) is 8.21. The van der Waals surface area contributed by atoms with E-state index < -0.39 is 36.1 Å². The number of hydrogen-bond donors (Lipinski definition) is 4. The molecule has 1 fully saturated rings. The van der Waals surface area contributed by atoms with Crippen LogP contribution < -0.4 is 16.4 Å². The average molecular weight is 535 g/mol. The number of aliphatic carboxylic acids is 1. The molecule has 2 atom stereocenters. The Morgan fingerprint density at radius 1 is 1.19 bits per heavy atom. The summed E-state index contributed by atoms with van der Waals surface area (Å²) in [5, 5.41) is 17.5. The molecule has 1 saturated carbocycles. The summed E-state index contributed by atoms with van der Waals surface area (Å²) in [5.74, 6) is -5.98. The molecule has 3 aromatic rings. The number of amides is 1. The molecule has 5 N–H and O–H groups in total. The monoisotopic (exact) mass is 534 g/mol. The number of nitrogens with one attached hydrogen (secondary N) is 2. The first-order valence-electron chi connectivity index (χ1n) is 10.4. The number of halogens is 6. The third-order valence-corrected chi connectivity index (χ3v) is 5.59. The number of carboxylic acid groups (broad SMARTS) is 1. The predicted octanol–water partition coefficient (Wildman–Crippen LogP) is 4.20. The van der Waals surface area contributed by atoms with Gasteiger partial charge < -0.3 is 21.5 Å². The van der Waals surface area contributed by atoms with Crippen LogP contribution >= 0.6 is 11.6 Å². The van der Waals surface area contributed by atoms with Crippen molar-refractivity contribution in [2.75, 3.05) is 10.6 Å². The predicted molar refractivity (Wildman–Crippen MR) is 120 cm³/mol. The highest BCUT2D eigenvalue weighted by molar-refractivity contribution is 6.33. The highest BCUT2D eigenvalue weighted by Gasteiger charge is 2.45. The summed E-state index contributed by atoms with van der Waals surface area (Å²) in [5.41, 5.74) is 7.03. The smallest absolute Gasteiger partial charge is 0.475 e. The van der Waals surface area contributed by atoms with Crippen LogP contribution in [-0.4, -0.2) is 55.8 Å². The van der Waals surface area contributed by atoms with E-state index in [1.165, 1.54) is 10.7 Å². The van der Waals surface area contributed by atoms with Crippen LogP contribution in [0.25, 0.3) is 5.52 Å². The van der Waals surface area contributed by atoms with E-state index in [-0.39, 0.29) is 18.1 Å². The van der Waals surface area contributed by atoms with Crippen LogP contribution in [0.3, 0.4) is 0 Å². The van der Waals surface area contributed by atoms with Gasteiger partial charge in [0.05, 0.1) is 34.5 Å². The zero-order chi connectivity index (χ0) is 26.7. The fourth-order valence-electron chi connectivity index (χ4n) is 3.41. The van der Waals surface area contributed by atoms with Crippen molar-refractivity contribution in [3.63, 3.8) is 0 Å². The van der Waals surface area contributed by atoms with Gasteiger partial charge in [0, 0.05) is 6.42 Å². The lowest BCUT2D eigenvalue weighted by atomic mass is 9.87. The normalized spacial score (nSPS) is 19.2. The van der Waals surface area contributed by atoms with Crippen molar-refractivity contribution in [2.45, 2.75) is 43.4 Å². The Morgan fingerprint density at radius 3 is 2.50 bits per heavy atom. The second kappa shape index (κ2) is 10.6. The second-order valence-electron chi connectivity index (χ2n) is 7.80. The average Bonchev–Trinajstić information content (AvgIpc) is 3.22. The summed E-state index contributed by atoms with van der Waals surface area (Å²) in [4.78, 5) is 25.7. The number of nitrogens with zero attached hydrogens (tertiary/aromatic N) is 3. The Labute approximate surface area is 205 Å². The number of benzene rings is 1. The first kappa shape index (κ1) is 27.1. The maximum atomic E-state index is 13.9. The molecule has 2 aromatic heterocycles. The molecule has 9 nitrogen and oxygen atoms in total. The number of nitrogens with two attached hydrogens (primary N) is 1. The fraction of sp³-hybridized carbons (Fsp3) is 0.333. The van der Waals surface area contributed by atoms with Gasteiger partial charge in [0.2, 0.25) is 5.95 Å². The first-order chi connectivity index (χ1) is 16.8. The van der Waals surface area contributed by atoms with Gasteiger partial charge in [0.1, 0.15) is 5.69 Å². The van der Waals surface area contributed by atoms with Crippen LogP contribution in [0.1, 0.15) is 29.8 Å². The highest BCUT2D eigenvalue weighted by atomic mass is 35.5. The molecule has 0 radical (unpaired) electrons. The molecule has 0 aliphatic heterocycles. The number of hydrogen-bond acceptors (Lipinski definition) is 6. The van der Waals surface area contributed by atoms with Crippen molar-refractivity contribution in [1.82, 2.24) is 14.6 Å². The van der Waals surface area contributed by atoms with E-state index in [9.17, 15) is 26.7 Å². The van der Waals surface area contributed by atoms with Crippen molar-refractivity contribution in [2.24, 2.45) is 5.73 Å². The summed E-state index contributed by atoms with van der Waals surface area (Å²) < 4.78 is 60.9. The molecular weight excluding hydrogens is 515 g/mol. The Morgan fingerprint density at radius 2 is 1.86 bits per heavy atom. The molecule has 2 heterocycles. The minimum Gasteiger partial charge on any atom is -0.475 e. The number of anilines is 2. The topological polar surface area (TPSA) is 135 Å². The van der Waals surface area contributed by atoms with Crippen LogP contribution in [0.2, 0.25) is 5.02 Å². The van der Waals surface area contributed by atoms with Gasteiger partial charge in [-0.15, -0.1) is 5.10 Å². The van der Waals surface area contributed by atoms with Crippen molar-refractivity contribution in [1.29, 1.82) is 0 Å². The van der Waals surface area contributed by atoms with Gasteiger partial charge in [-0.05, 0) is 37.1 Å². The van der Waals surface area contributed by atoms with Crippen molar-refractivity contribution in [3.05, 3.63) is 53.3 Å². The molecule has 1 aliphatic rings. The minimum atomic E-state index is -5.08. The number of para-hydroxylation sites is 1. The van der Waals surface area contributed by atoms with Crippen molar-refractivity contribution >= 4 is 40.6 Å². The summed E-state index contributed by atoms with van der Waals surface area (Å²) in [6.45, 7) is 0. The number of carbonyl (C=O) groups is 2. The molecule has 1 aliphatic carbocycles. The van der Waals surface area contributed by atoms with Gasteiger partial charge in [0.25, 0.3) is 11.8 Å². The first-order valence-corrected chi connectivity index (χ1v) is 10.8. The molecule has 0 unspecified atom stereocenters. The number of alkyl halides is 5. The number of rotatable bonds is 4. The van der Waals surface area contributed by atoms with Crippen LogP contribution in [-0.2, 0) is 4.79 Å². The van der Waals surface area contributed by atoms with E-state index in [4.69, 9.17) is 27.2 Å². The van der Waals surface area contributed by atoms with E-state index in [1.54, 1.807) is 36.4 Å². The molecular formula is C21H20ClF5N6O3. The molecule has 15 heteroatoms. The number of fused-ring (bicyclic) bond motifs is 1. The third kappa shape index (κ3) is 6.37. The Balaban J connectivity index is 0.000000454. The Hall–Kier alpha value is -3.52. The van der Waals surface area contributed by atoms with Crippen molar-refractivity contribution in [3.8, 4) is 0 Å². The summed E-state index contributed by atoms with van der Waals surface area (Å²) in [6.07, 6.45) is -2.95. The van der Waals surface area contributed by atoms with Gasteiger partial charge in [-0.2, -0.15) is 13.2 Å². The number of aromatic nitrogens is 3. The highest BCUT2D eigenvalue weighted by Crippen LogP contribution is 2.33. The minimum absolute atomic E-state index is 0.124. The quantitative estimate of drug-likeness (QED) is 0.369. The van der Waals surface area contributed by atoms with Gasteiger partial charge in [-0.3, -0.25) is 4.79 Å². The van der Waals surface area contributed by atoms with Crippen LogP contribution in [0.15, 0.2) is 42.6 Å². The lowest BCUT2D eigenvalue weighted by Crippen LogP contribution is -2.55. The molecule has 0 spiro atoms. The molecule has 36 heavy (non-hydrogen) atoms. The van der Waals surface area contributed by atoms with E-state index in [0.717, 1.165) is 0 Å². The largest absolute Gasteiger partial charge is 0.490 e. The molecule has 4 rings (SSSR count). The standard InChI is InChI=1S/C19H19ClF2N6O.C2HF3O2/c20-12-4-1-2-5-13(12)25-17(29)15-8-7-11-10-24-18(27-28(11)15)26-14-6-3-9-19(21,22)16(14)23;3-2(4,5)1(6)7/h1-2,4-5,7-8,10,14,16H,3,6,9,23H2,(H,25,29)(H,26,27);(H,6,7)/t14-,16-;/m1./s1. The zero-order valence-electron chi connectivity index (χ0n) is 18.3. The van der Waals surface area contributed by atoms with E-state index >= 15 is 0 Å². The lowest BCUT2D eigenvalue weighted by molar-refractivity contribution is -0.192. The molecule has 0 saturated heterocycles. The SMILES string of the molecule is N[C@@H]1[C@H](Nc2ncc3ccc(C(=O)Nc4ccccc4Cl)n3n2)CCCC1(F)F.O=C(O)C(F)(F)F.